The normalized spacial score (nSPS) is 58.0. The molecule has 1 saturated heterocycles. The van der Waals surface area contributed by atoms with Crippen molar-refractivity contribution in [2.75, 3.05) is 6.61 Å². The van der Waals surface area contributed by atoms with E-state index >= 15 is 0 Å². The van der Waals surface area contributed by atoms with E-state index in [1.54, 1.807) is 0 Å². The van der Waals surface area contributed by atoms with E-state index < -0.39 is 0 Å². The van der Waals surface area contributed by atoms with Crippen LogP contribution in [0.3, 0.4) is 0 Å². The summed E-state index contributed by atoms with van der Waals surface area (Å²) < 4.78 is 0. The fourth-order valence-electron chi connectivity index (χ4n) is 8.06. The fourth-order valence-corrected chi connectivity index (χ4v) is 8.06. The van der Waals surface area contributed by atoms with Gasteiger partial charge < -0.3 is 5.11 Å². The number of aliphatic hydroxyl groups is 1. The Labute approximate surface area is 152 Å². The number of fused-ring (bicyclic) bond motifs is 5. The van der Waals surface area contributed by atoms with Gasteiger partial charge in [0, 0.05) is 12.8 Å². The monoisotopic (exact) mass is 346 g/mol. The van der Waals surface area contributed by atoms with Gasteiger partial charge in [-0.15, -0.1) is 0 Å². The van der Waals surface area contributed by atoms with E-state index in [2.05, 4.69) is 20.4 Å². The molecule has 8 atom stereocenters. The van der Waals surface area contributed by atoms with Crippen LogP contribution in [0.4, 0.5) is 0 Å². The highest BCUT2D eigenvalue weighted by molar-refractivity contribution is 5.25. The van der Waals surface area contributed by atoms with Gasteiger partial charge in [0.2, 0.25) is 0 Å². The SMILES string of the molecule is C=C1CC2(CCOO2)C[C@@H]2CC[C@H]3[C@@H]4CC[C@H](O)[C@@]4(C)CC[C@@H]3[C@@]12C. The first kappa shape index (κ1) is 16.8. The second kappa shape index (κ2) is 5.33. The third-order valence-electron chi connectivity index (χ3n) is 9.65. The molecule has 1 N–H and O–H groups in total. The highest BCUT2D eigenvalue weighted by Crippen LogP contribution is 2.68. The second-order valence-electron chi connectivity index (χ2n) is 10.4. The van der Waals surface area contributed by atoms with Crippen molar-refractivity contribution < 1.29 is 14.9 Å². The predicted octanol–water partition coefficient (Wildman–Crippen LogP) is 4.65. The molecule has 3 nitrogen and oxygen atoms in total. The van der Waals surface area contributed by atoms with Crippen molar-refractivity contribution in [1.29, 1.82) is 0 Å². The van der Waals surface area contributed by atoms with E-state index in [4.69, 9.17) is 9.78 Å². The Bertz CT molecular complexity index is 580. The van der Waals surface area contributed by atoms with Gasteiger partial charge in [0.1, 0.15) is 5.60 Å². The lowest BCUT2D eigenvalue weighted by molar-refractivity contribution is -0.319. The number of aliphatic hydroxyl groups excluding tert-OH is 1. The second-order valence-corrected chi connectivity index (χ2v) is 10.4. The van der Waals surface area contributed by atoms with Crippen LogP contribution in [0, 0.1) is 34.5 Å². The van der Waals surface area contributed by atoms with Crippen LogP contribution >= 0.6 is 0 Å². The van der Waals surface area contributed by atoms with Gasteiger partial charge in [0.05, 0.1) is 12.7 Å². The Morgan fingerprint density at radius 3 is 2.64 bits per heavy atom. The molecule has 3 heteroatoms. The molecule has 0 aromatic heterocycles. The van der Waals surface area contributed by atoms with Gasteiger partial charge in [-0.3, -0.25) is 0 Å². The molecule has 4 saturated carbocycles. The average Bonchev–Trinajstić information content (AvgIpc) is 3.14. The lowest BCUT2D eigenvalue weighted by atomic mass is 9.43. The van der Waals surface area contributed by atoms with Crippen LogP contribution in [-0.4, -0.2) is 23.4 Å². The molecule has 25 heavy (non-hydrogen) atoms. The first-order valence-corrected chi connectivity index (χ1v) is 10.6. The summed E-state index contributed by atoms with van der Waals surface area (Å²) >= 11 is 0. The van der Waals surface area contributed by atoms with E-state index in [9.17, 15) is 5.11 Å². The molecule has 4 aliphatic carbocycles. The first-order valence-electron chi connectivity index (χ1n) is 10.6. The molecule has 1 aliphatic heterocycles. The Morgan fingerprint density at radius 2 is 1.88 bits per heavy atom. The quantitative estimate of drug-likeness (QED) is 0.513. The number of rotatable bonds is 0. The number of hydrogen-bond donors (Lipinski definition) is 1. The third-order valence-corrected chi connectivity index (χ3v) is 9.65. The van der Waals surface area contributed by atoms with Crippen molar-refractivity contribution in [3.8, 4) is 0 Å². The third kappa shape index (κ3) is 2.09. The van der Waals surface area contributed by atoms with Crippen LogP contribution in [0.5, 0.6) is 0 Å². The molecule has 1 heterocycles. The van der Waals surface area contributed by atoms with E-state index in [1.807, 2.05) is 0 Å². The van der Waals surface area contributed by atoms with Crippen LogP contribution in [0.2, 0.25) is 0 Å². The van der Waals surface area contributed by atoms with Gasteiger partial charge >= 0.3 is 0 Å². The maximum Gasteiger partial charge on any atom is 0.110 e. The zero-order valence-corrected chi connectivity index (χ0v) is 15.9. The Morgan fingerprint density at radius 1 is 1.04 bits per heavy atom. The van der Waals surface area contributed by atoms with Crippen LogP contribution < -0.4 is 0 Å². The molecule has 5 fully saturated rings. The van der Waals surface area contributed by atoms with E-state index in [0.717, 1.165) is 44.1 Å². The van der Waals surface area contributed by atoms with Crippen molar-refractivity contribution in [2.45, 2.75) is 83.3 Å². The molecule has 0 radical (unpaired) electrons. The summed E-state index contributed by atoms with van der Waals surface area (Å²) in [5.41, 5.74) is 1.77. The van der Waals surface area contributed by atoms with Crippen molar-refractivity contribution in [3.05, 3.63) is 12.2 Å². The standard InChI is InChI=1S/C22H34O3/c1-14-12-22(10-11-24-25-22)13-15-4-5-16-17-6-7-19(23)20(17,2)9-8-18(16)21(14,15)3/h15-19,23H,1,4-13H2,2-3H3/t15-,16-,17-,18-,19-,20-,21-,22?/m0/s1. The molecular weight excluding hydrogens is 312 g/mol. The minimum Gasteiger partial charge on any atom is -0.393 e. The first-order chi connectivity index (χ1) is 11.9. The fraction of sp³-hybridized carbons (Fsp3) is 0.909. The van der Waals surface area contributed by atoms with Crippen molar-refractivity contribution in [3.63, 3.8) is 0 Å². The molecule has 5 aliphatic rings. The minimum atomic E-state index is -0.0825. The average molecular weight is 347 g/mol. The van der Waals surface area contributed by atoms with Crippen LogP contribution in [0.25, 0.3) is 0 Å². The highest BCUT2D eigenvalue weighted by atomic mass is 17.2. The van der Waals surface area contributed by atoms with Gasteiger partial charge in [-0.2, -0.15) is 0 Å². The summed E-state index contributed by atoms with van der Waals surface area (Å²) in [6.45, 7) is 10.2. The number of hydrogen-bond acceptors (Lipinski definition) is 3. The molecule has 0 aromatic rings. The van der Waals surface area contributed by atoms with Gasteiger partial charge in [-0.1, -0.05) is 26.0 Å². The van der Waals surface area contributed by atoms with Crippen molar-refractivity contribution in [1.82, 2.24) is 0 Å². The smallest absolute Gasteiger partial charge is 0.110 e. The Hall–Kier alpha value is -0.380. The zero-order valence-electron chi connectivity index (χ0n) is 15.9. The molecule has 1 spiro atoms. The van der Waals surface area contributed by atoms with Crippen LogP contribution in [0.15, 0.2) is 12.2 Å². The lowest BCUT2D eigenvalue weighted by Crippen LogP contribution is -2.57. The van der Waals surface area contributed by atoms with E-state index in [1.165, 1.54) is 37.7 Å². The van der Waals surface area contributed by atoms with Crippen molar-refractivity contribution in [2.24, 2.45) is 34.5 Å². The maximum atomic E-state index is 10.6. The molecule has 0 amide bonds. The minimum absolute atomic E-state index is 0.0779. The summed E-state index contributed by atoms with van der Waals surface area (Å²) in [6, 6.07) is 0. The Kier molecular flexibility index (Phi) is 3.57. The molecule has 0 bridgehead atoms. The zero-order chi connectivity index (χ0) is 17.4. The molecule has 140 valence electrons. The van der Waals surface area contributed by atoms with Gasteiger partial charge in [-0.05, 0) is 79.4 Å². The van der Waals surface area contributed by atoms with Crippen molar-refractivity contribution >= 4 is 0 Å². The lowest BCUT2D eigenvalue weighted by Gasteiger charge is -2.62. The summed E-state index contributed by atoms with van der Waals surface area (Å²) in [5.74, 6) is 2.94. The van der Waals surface area contributed by atoms with Gasteiger partial charge in [-0.25, -0.2) is 9.78 Å². The summed E-state index contributed by atoms with van der Waals surface area (Å²) in [6.07, 6.45) is 10.4. The maximum absolute atomic E-state index is 10.6. The predicted molar refractivity (Wildman–Crippen MR) is 96.6 cm³/mol. The topological polar surface area (TPSA) is 38.7 Å². The molecule has 0 aromatic carbocycles. The summed E-state index contributed by atoms with van der Waals surface area (Å²) in [4.78, 5) is 11.1. The van der Waals surface area contributed by atoms with Crippen LogP contribution in [0.1, 0.15) is 71.6 Å². The molecule has 5 rings (SSSR count). The molecule has 1 unspecified atom stereocenters. The van der Waals surface area contributed by atoms with E-state index in [-0.39, 0.29) is 22.5 Å². The highest BCUT2D eigenvalue weighted by Gasteiger charge is 2.63. The summed E-state index contributed by atoms with van der Waals surface area (Å²) in [5, 5.41) is 10.6. The molecular formula is C22H34O3. The Balaban J connectivity index is 1.46. The van der Waals surface area contributed by atoms with E-state index in [0.29, 0.717) is 11.8 Å². The van der Waals surface area contributed by atoms with Crippen LogP contribution in [-0.2, 0) is 9.78 Å². The van der Waals surface area contributed by atoms with Gasteiger partial charge in [0.25, 0.3) is 0 Å². The van der Waals surface area contributed by atoms with Gasteiger partial charge in [0.15, 0.2) is 0 Å². The largest absolute Gasteiger partial charge is 0.393 e. The summed E-state index contributed by atoms with van der Waals surface area (Å²) in [7, 11) is 0.